The van der Waals surface area contributed by atoms with E-state index in [0.29, 0.717) is 23.2 Å². The summed E-state index contributed by atoms with van der Waals surface area (Å²) in [5.41, 5.74) is 1.06. The van der Waals surface area contributed by atoms with Crippen LogP contribution in [0, 0.1) is 0 Å². The van der Waals surface area contributed by atoms with Crippen LogP contribution in [0.1, 0.15) is 5.56 Å². The van der Waals surface area contributed by atoms with Crippen LogP contribution < -0.4 is 15.4 Å². The number of methoxy groups -OCH3 is 1. The SMILES string of the molecule is COc1cccnc1NC(=S)NCc1cccnc1. The molecule has 2 rings (SSSR count). The molecule has 19 heavy (non-hydrogen) atoms. The van der Waals surface area contributed by atoms with E-state index in [-0.39, 0.29) is 0 Å². The van der Waals surface area contributed by atoms with Crippen molar-refractivity contribution < 1.29 is 4.74 Å². The maximum Gasteiger partial charge on any atom is 0.174 e. The van der Waals surface area contributed by atoms with Gasteiger partial charge in [-0.25, -0.2) is 4.98 Å². The van der Waals surface area contributed by atoms with Crippen molar-refractivity contribution in [1.29, 1.82) is 0 Å². The third-order valence-corrected chi connectivity index (χ3v) is 2.64. The van der Waals surface area contributed by atoms with E-state index in [0.717, 1.165) is 5.56 Å². The Kier molecular flexibility index (Phi) is 4.63. The molecule has 0 unspecified atom stereocenters. The number of thiocarbonyl (C=S) groups is 1. The first kappa shape index (κ1) is 13.2. The minimum atomic E-state index is 0.487. The maximum atomic E-state index is 5.20. The minimum Gasteiger partial charge on any atom is -0.493 e. The first-order valence-corrected chi connectivity index (χ1v) is 6.13. The minimum absolute atomic E-state index is 0.487. The van der Waals surface area contributed by atoms with Crippen LogP contribution in [0.5, 0.6) is 5.75 Å². The zero-order chi connectivity index (χ0) is 13.5. The van der Waals surface area contributed by atoms with E-state index in [1.54, 1.807) is 31.8 Å². The first-order valence-electron chi connectivity index (χ1n) is 5.72. The van der Waals surface area contributed by atoms with Crippen molar-refractivity contribution in [3.8, 4) is 5.75 Å². The molecule has 2 aromatic rings. The van der Waals surface area contributed by atoms with Crippen LogP contribution in [0.15, 0.2) is 42.9 Å². The predicted molar refractivity (Wildman–Crippen MR) is 78.1 cm³/mol. The Morgan fingerprint density at radius 1 is 1.32 bits per heavy atom. The monoisotopic (exact) mass is 274 g/mol. The molecule has 0 aromatic carbocycles. The second kappa shape index (κ2) is 6.65. The average molecular weight is 274 g/mol. The van der Waals surface area contributed by atoms with Crippen molar-refractivity contribution in [2.45, 2.75) is 6.54 Å². The topological polar surface area (TPSA) is 59.1 Å². The molecule has 0 aliphatic heterocycles. The van der Waals surface area contributed by atoms with Gasteiger partial charge in [0.05, 0.1) is 7.11 Å². The average Bonchev–Trinajstić information content (AvgIpc) is 2.47. The number of anilines is 1. The summed E-state index contributed by atoms with van der Waals surface area (Å²) in [5, 5.41) is 6.57. The summed E-state index contributed by atoms with van der Waals surface area (Å²) < 4.78 is 5.19. The van der Waals surface area contributed by atoms with Gasteiger partial charge in [0.2, 0.25) is 0 Å². The number of nitrogens with zero attached hydrogens (tertiary/aromatic N) is 2. The number of aromatic nitrogens is 2. The Labute approximate surface area is 117 Å². The molecule has 6 heteroatoms. The second-order valence-electron chi connectivity index (χ2n) is 3.72. The van der Waals surface area contributed by atoms with Gasteiger partial charge >= 0.3 is 0 Å². The van der Waals surface area contributed by atoms with E-state index in [2.05, 4.69) is 20.6 Å². The van der Waals surface area contributed by atoms with Crippen molar-refractivity contribution in [2.75, 3.05) is 12.4 Å². The quantitative estimate of drug-likeness (QED) is 0.831. The largest absolute Gasteiger partial charge is 0.493 e. The molecule has 0 saturated carbocycles. The standard InChI is InChI=1S/C13H14N4OS/c1-18-11-5-3-7-15-12(11)17-13(19)16-9-10-4-2-6-14-8-10/h2-8H,9H2,1H3,(H2,15,16,17,19). The smallest absolute Gasteiger partial charge is 0.174 e. The third-order valence-electron chi connectivity index (χ3n) is 2.40. The van der Waals surface area contributed by atoms with Gasteiger partial charge < -0.3 is 15.4 Å². The molecule has 0 fully saturated rings. The summed E-state index contributed by atoms with van der Waals surface area (Å²) in [6.07, 6.45) is 5.20. The van der Waals surface area contributed by atoms with Gasteiger partial charge in [-0.3, -0.25) is 4.98 Å². The van der Waals surface area contributed by atoms with Crippen molar-refractivity contribution >= 4 is 23.1 Å². The van der Waals surface area contributed by atoms with Crippen LogP contribution in [0.25, 0.3) is 0 Å². The highest BCUT2D eigenvalue weighted by atomic mass is 32.1. The fourth-order valence-corrected chi connectivity index (χ4v) is 1.65. The van der Waals surface area contributed by atoms with Crippen LogP contribution in [0.4, 0.5) is 5.82 Å². The molecular weight excluding hydrogens is 260 g/mol. The fourth-order valence-electron chi connectivity index (χ4n) is 1.49. The Morgan fingerprint density at radius 2 is 2.16 bits per heavy atom. The maximum absolute atomic E-state index is 5.20. The summed E-state index contributed by atoms with van der Waals surface area (Å²) in [6, 6.07) is 7.48. The molecule has 0 saturated heterocycles. The number of nitrogens with one attached hydrogen (secondary N) is 2. The van der Waals surface area contributed by atoms with E-state index >= 15 is 0 Å². The summed E-state index contributed by atoms with van der Waals surface area (Å²) in [4.78, 5) is 8.21. The Bertz CT molecular complexity index is 547. The summed E-state index contributed by atoms with van der Waals surface area (Å²) in [6.45, 7) is 0.606. The van der Waals surface area contributed by atoms with Crippen LogP contribution >= 0.6 is 12.2 Å². The first-order chi connectivity index (χ1) is 9.29. The fraction of sp³-hybridized carbons (Fsp3) is 0.154. The van der Waals surface area contributed by atoms with Gasteiger partial charge in [-0.1, -0.05) is 6.07 Å². The van der Waals surface area contributed by atoms with Crippen LogP contribution in [0.3, 0.4) is 0 Å². The van der Waals surface area contributed by atoms with E-state index in [1.807, 2.05) is 18.2 Å². The van der Waals surface area contributed by atoms with Crippen LogP contribution in [-0.2, 0) is 6.54 Å². The number of pyridine rings is 2. The zero-order valence-electron chi connectivity index (χ0n) is 10.5. The lowest BCUT2D eigenvalue weighted by atomic mass is 10.3. The van der Waals surface area contributed by atoms with Gasteiger partial charge in [-0.05, 0) is 36.0 Å². The van der Waals surface area contributed by atoms with Gasteiger partial charge in [-0.2, -0.15) is 0 Å². The van der Waals surface area contributed by atoms with Crippen molar-refractivity contribution in [1.82, 2.24) is 15.3 Å². The third kappa shape index (κ3) is 3.89. The van der Waals surface area contributed by atoms with Crippen molar-refractivity contribution in [3.63, 3.8) is 0 Å². The number of hydrogen-bond donors (Lipinski definition) is 2. The van der Waals surface area contributed by atoms with Crippen molar-refractivity contribution in [2.24, 2.45) is 0 Å². The second-order valence-corrected chi connectivity index (χ2v) is 4.13. The van der Waals surface area contributed by atoms with E-state index in [4.69, 9.17) is 17.0 Å². The zero-order valence-corrected chi connectivity index (χ0v) is 11.3. The molecule has 0 radical (unpaired) electrons. The predicted octanol–water partition coefficient (Wildman–Crippen LogP) is 1.97. The van der Waals surface area contributed by atoms with E-state index in [9.17, 15) is 0 Å². The number of rotatable bonds is 4. The van der Waals surface area contributed by atoms with E-state index < -0.39 is 0 Å². The number of hydrogen-bond acceptors (Lipinski definition) is 4. The van der Waals surface area contributed by atoms with Gasteiger partial charge in [0.15, 0.2) is 16.7 Å². The highest BCUT2D eigenvalue weighted by Gasteiger charge is 2.04. The Balaban J connectivity index is 1.91. The van der Waals surface area contributed by atoms with Crippen LogP contribution in [0.2, 0.25) is 0 Å². The van der Waals surface area contributed by atoms with Gasteiger partial charge in [0.25, 0.3) is 0 Å². The molecule has 0 amide bonds. The lowest BCUT2D eigenvalue weighted by molar-refractivity contribution is 0.415. The molecule has 0 atom stereocenters. The normalized spacial score (nSPS) is 9.74. The molecule has 2 heterocycles. The van der Waals surface area contributed by atoms with Gasteiger partial charge in [0, 0.05) is 25.1 Å². The highest BCUT2D eigenvalue weighted by Crippen LogP contribution is 2.19. The molecular formula is C13H14N4OS. The lowest BCUT2D eigenvalue weighted by Crippen LogP contribution is -2.28. The molecule has 0 spiro atoms. The van der Waals surface area contributed by atoms with E-state index in [1.165, 1.54) is 0 Å². The lowest BCUT2D eigenvalue weighted by Gasteiger charge is -2.12. The molecule has 2 aromatic heterocycles. The van der Waals surface area contributed by atoms with Crippen LogP contribution in [-0.4, -0.2) is 22.2 Å². The molecule has 0 aliphatic carbocycles. The van der Waals surface area contributed by atoms with Gasteiger partial charge in [0.1, 0.15) is 0 Å². The Morgan fingerprint density at radius 3 is 2.89 bits per heavy atom. The summed E-state index contributed by atoms with van der Waals surface area (Å²) >= 11 is 5.20. The number of ether oxygens (including phenoxy) is 1. The summed E-state index contributed by atoms with van der Waals surface area (Å²) in [5.74, 6) is 1.24. The molecule has 0 bridgehead atoms. The van der Waals surface area contributed by atoms with Gasteiger partial charge in [-0.15, -0.1) is 0 Å². The molecule has 0 aliphatic rings. The Hall–Kier alpha value is -2.21. The molecule has 2 N–H and O–H groups in total. The highest BCUT2D eigenvalue weighted by molar-refractivity contribution is 7.80. The van der Waals surface area contributed by atoms with Crippen molar-refractivity contribution in [3.05, 3.63) is 48.4 Å². The summed E-state index contributed by atoms with van der Waals surface area (Å²) in [7, 11) is 1.59. The molecule has 5 nitrogen and oxygen atoms in total. The molecule has 98 valence electrons.